The zero-order chi connectivity index (χ0) is 28.4. The summed E-state index contributed by atoms with van der Waals surface area (Å²) in [5, 5.41) is 13.2. The number of nitrogens with one attached hydrogen (secondary N) is 3. The minimum atomic E-state index is -0.446. The van der Waals surface area contributed by atoms with Crippen LogP contribution in [0.25, 0.3) is 5.69 Å². The number of ether oxygens (including phenoxy) is 2. The molecular weight excluding hydrogens is 496 g/mol. The molecular formula is C29H34N6O4. The van der Waals surface area contributed by atoms with Gasteiger partial charge in [-0.3, -0.25) is 15.1 Å². The van der Waals surface area contributed by atoms with E-state index in [-0.39, 0.29) is 17.9 Å². The van der Waals surface area contributed by atoms with E-state index in [4.69, 9.17) is 14.6 Å². The summed E-state index contributed by atoms with van der Waals surface area (Å²) in [6.07, 6.45) is 8.25. The van der Waals surface area contributed by atoms with E-state index in [0.29, 0.717) is 34.4 Å². The van der Waals surface area contributed by atoms with Crippen LogP contribution in [0.15, 0.2) is 91.1 Å². The molecule has 2 aromatic heterocycles. The normalized spacial score (nSPS) is 12.0. The zero-order valence-electron chi connectivity index (χ0n) is 22.8. The Morgan fingerprint density at radius 3 is 2.49 bits per heavy atom. The Labute approximate surface area is 228 Å². The first kappa shape index (κ1) is 28.9. The second-order valence-electron chi connectivity index (χ2n) is 9.60. The molecule has 3 amide bonds. The number of hydrogen-bond acceptors (Lipinski definition) is 6. The highest BCUT2D eigenvalue weighted by atomic mass is 16.5. The molecule has 39 heavy (non-hydrogen) atoms. The summed E-state index contributed by atoms with van der Waals surface area (Å²) in [6, 6.07) is 12.0. The third kappa shape index (κ3) is 8.68. The Morgan fingerprint density at radius 2 is 1.82 bits per heavy atom. The predicted molar refractivity (Wildman–Crippen MR) is 152 cm³/mol. The summed E-state index contributed by atoms with van der Waals surface area (Å²) in [4.78, 5) is 28.8. The number of carbonyl (C=O) groups is 2. The van der Waals surface area contributed by atoms with Crippen molar-refractivity contribution in [2.75, 3.05) is 24.4 Å². The summed E-state index contributed by atoms with van der Waals surface area (Å²) < 4.78 is 12.3. The van der Waals surface area contributed by atoms with Gasteiger partial charge >= 0.3 is 6.03 Å². The van der Waals surface area contributed by atoms with Crippen molar-refractivity contribution in [2.24, 2.45) is 0 Å². The molecule has 0 spiro atoms. The summed E-state index contributed by atoms with van der Waals surface area (Å²) in [6.45, 7) is 11.6. The Morgan fingerprint density at radius 1 is 1.08 bits per heavy atom. The average molecular weight is 531 g/mol. The molecule has 0 unspecified atom stereocenters. The molecule has 3 rings (SSSR count). The monoisotopic (exact) mass is 530 g/mol. The fraction of sp³-hybridized carbons (Fsp3) is 0.241. The summed E-state index contributed by atoms with van der Waals surface area (Å²) in [7, 11) is 1.46. The fourth-order valence-corrected chi connectivity index (χ4v) is 3.34. The number of allylic oxidation sites excluding steroid dienone is 4. The van der Waals surface area contributed by atoms with E-state index in [2.05, 4.69) is 27.5 Å². The van der Waals surface area contributed by atoms with Crippen molar-refractivity contribution in [3.63, 3.8) is 0 Å². The molecule has 204 valence electrons. The van der Waals surface area contributed by atoms with Gasteiger partial charge in [-0.25, -0.2) is 9.48 Å². The van der Waals surface area contributed by atoms with Gasteiger partial charge in [0.1, 0.15) is 23.9 Å². The second-order valence-corrected chi connectivity index (χ2v) is 9.60. The predicted octanol–water partition coefficient (Wildman–Crippen LogP) is 5.32. The minimum absolute atomic E-state index is 0.0562. The van der Waals surface area contributed by atoms with Gasteiger partial charge in [-0.1, -0.05) is 33.4 Å². The SMILES string of the molecule is C=C/C(=C\C=C(/C)NC(=O)Nc1cc(C(C)(C)C)nn1-c1cccc(NC(=O)COC)c1)Oc1ccncc1. The lowest BCUT2D eigenvalue weighted by Gasteiger charge is -2.14. The molecule has 2 heterocycles. The number of aromatic nitrogens is 3. The molecule has 0 atom stereocenters. The van der Waals surface area contributed by atoms with Crippen molar-refractivity contribution >= 4 is 23.4 Å². The molecule has 0 aliphatic rings. The van der Waals surface area contributed by atoms with Crippen LogP contribution in [-0.2, 0) is 14.9 Å². The number of carbonyl (C=O) groups excluding carboxylic acids is 2. The lowest BCUT2D eigenvalue weighted by atomic mass is 9.92. The van der Waals surface area contributed by atoms with Crippen LogP contribution in [0.4, 0.5) is 16.3 Å². The highest BCUT2D eigenvalue weighted by Crippen LogP contribution is 2.27. The van der Waals surface area contributed by atoms with Gasteiger partial charge in [-0.15, -0.1) is 0 Å². The zero-order valence-corrected chi connectivity index (χ0v) is 22.8. The van der Waals surface area contributed by atoms with Crippen molar-refractivity contribution in [1.29, 1.82) is 0 Å². The molecule has 3 aromatic rings. The van der Waals surface area contributed by atoms with Gasteiger partial charge in [0.05, 0.1) is 11.4 Å². The van der Waals surface area contributed by atoms with E-state index in [1.165, 1.54) is 7.11 Å². The first-order valence-electron chi connectivity index (χ1n) is 12.3. The van der Waals surface area contributed by atoms with Crippen molar-refractivity contribution in [3.8, 4) is 11.4 Å². The Hall–Kier alpha value is -4.70. The van der Waals surface area contributed by atoms with Gasteiger partial charge in [0.15, 0.2) is 0 Å². The molecule has 10 nitrogen and oxygen atoms in total. The van der Waals surface area contributed by atoms with Gasteiger partial charge in [0.25, 0.3) is 0 Å². The summed E-state index contributed by atoms with van der Waals surface area (Å²) in [5.74, 6) is 1.32. The van der Waals surface area contributed by atoms with Crippen LogP contribution in [0.3, 0.4) is 0 Å². The smallest absolute Gasteiger partial charge is 0.324 e. The van der Waals surface area contributed by atoms with E-state index in [1.807, 2.05) is 32.9 Å². The molecule has 0 radical (unpaired) electrons. The maximum atomic E-state index is 12.9. The second kappa shape index (κ2) is 13.2. The first-order chi connectivity index (χ1) is 18.6. The molecule has 1 aromatic carbocycles. The van der Waals surface area contributed by atoms with Crippen molar-refractivity contribution in [1.82, 2.24) is 20.1 Å². The van der Waals surface area contributed by atoms with Gasteiger partial charge in [0.2, 0.25) is 5.91 Å². The average Bonchev–Trinajstić information content (AvgIpc) is 3.31. The van der Waals surface area contributed by atoms with Crippen LogP contribution in [0.5, 0.6) is 5.75 Å². The summed E-state index contributed by atoms with van der Waals surface area (Å²) in [5.41, 5.74) is 2.34. The third-order valence-corrected chi connectivity index (χ3v) is 5.26. The third-order valence-electron chi connectivity index (χ3n) is 5.26. The van der Waals surface area contributed by atoms with E-state index >= 15 is 0 Å². The van der Waals surface area contributed by atoms with Crippen LogP contribution in [0.2, 0.25) is 0 Å². The van der Waals surface area contributed by atoms with Gasteiger partial charge in [-0.2, -0.15) is 5.10 Å². The molecule has 3 N–H and O–H groups in total. The molecule has 0 aliphatic heterocycles. The molecule has 0 saturated heterocycles. The van der Waals surface area contributed by atoms with E-state index < -0.39 is 6.03 Å². The number of pyridine rings is 1. The number of methoxy groups -OCH3 is 1. The minimum Gasteiger partial charge on any atom is -0.457 e. The molecule has 0 bridgehead atoms. The number of anilines is 2. The summed E-state index contributed by atoms with van der Waals surface area (Å²) >= 11 is 0. The van der Waals surface area contributed by atoms with E-state index in [9.17, 15) is 9.59 Å². The van der Waals surface area contributed by atoms with Crippen LogP contribution in [0.1, 0.15) is 33.4 Å². The molecule has 0 fully saturated rings. The van der Waals surface area contributed by atoms with E-state index in [1.54, 1.807) is 72.6 Å². The Bertz CT molecular complexity index is 1370. The number of nitrogens with zero attached hydrogens (tertiary/aromatic N) is 3. The number of amides is 3. The van der Waals surface area contributed by atoms with Crippen molar-refractivity contribution in [3.05, 3.63) is 96.8 Å². The number of urea groups is 1. The van der Waals surface area contributed by atoms with Gasteiger partial charge < -0.3 is 20.1 Å². The molecule has 10 heteroatoms. The van der Waals surface area contributed by atoms with Crippen LogP contribution >= 0.6 is 0 Å². The van der Waals surface area contributed by atoms with Gasteiger partial charge in [-0.05, 0) is 55.5 Å². The maximum Gasteiger partial charge on any atom is 0.324 e. The highest BCUT2D eigenvalue weighted by molar-refractivity contribution is 5.92. The Balaban J connectivity index is 1.79. The van der Waals surface area contributed by atoms with Crippen LogP contribution in [0, 0.1) is 0 Å². The molecule has 0 aliphatic carbocycles. The van der Waals surface area contributed by atoms with Gasteiger partial charge in [0, 0.05) is 42.4 Å². The van der Waals surface area contributed by atoms with Crippen molar-refractivity contribution in [2.45, 2.75) is 33.1 Å². The largest absolute Gasteiger partial charge is 0.457 e. The number of hydrogen-bond donors (Lipinski definition) is 3. The standard InChI is InChI=1S/C29H34N6O4/c1-7-23(39-24-13-15-30-16-14-24)12-11-20(2)31-28(37)33-26-18-25(29(3,4)5)34-35(26)22-10-8-9-21(17-22)32-27(36)19-38-6/h7-18H,1,19H2,2-6H3,(H,32,36)(H2,31,33,37)/b20-11+,23-12+. The quantitative estimate of drug-likeness (QED) is 0.241. The topological polar surface area (TPSA) is 119 Å². The number of benzene rings is 1. The highest BCUT2D eigenvalue weighted by Gasteiger charge is 2.22. The maximum absolute atomic E-state index is 12.9. The lowest BCUT2D eigenvalue weighted by Crippen LogP contribution is -2.28. The van der Waals surface area contributed by atoms with Crippen LogP contribution < -0.4 is 20.7 Å². The van der Waals surface area contributed by atoms with Crippen molar-refractivity contribution < 1.29 is 19.1 Å². The number of rotatable bonds is 10. The Kier molecular flexibility index (Phi) is 9.77. The first-order valence-corrected chi connectivity index (χ1v) is 12.3. The van der Waals surface area contributed by atoms with E-state index in [0.717, 1.165) is 5.69 Å². The van der Waals surface area contributed by atoms with Crippen LogP contribution in [-0.4, -0.2) is 40.4 Å². The lowest BCUT2D eigenvalue weighted by molar-refractivity contribution is -0.119. The fourth-order valence-electron chi connectivity index (χ4n) is 3.34. The molecule has 0 saturated carbocycles.